The van der Waals surface area contributed by atoms with Crippen molar-refractivity contribution in [2.24, 2.45) is 5.73 Å². The van der Waals surface area contributed by atoms with Crippen LogP contribution in [-0.2, 0) is 4.79 Å². The van der Waals surface area contributed by atoms with E-state index < -0.39 is 0 Å². The van der Waals surface area contributed by atoms with Gasteiger partial charge in [-0.25, -0.2) is 0 Å². The van der Waals surface area contributed by atoms with Crippen LogP contribution in [0, 0.1) is 0 Å². The van der Waals surface area contributed by atoms with Crippen molar-refractivity contribution in [3.05, 3.63) is 37.0 Å². The highest BCUT2D eigenvalue weighted by molar-refractivity contribution is 5.91. The van der Waals surface area contributed by atoms with Gasteiger partial charge in [-0.15, -0.1) is 0 Å². The normalized spacial score (nSPS) is 11.7. The second-order valence-electron chi connectivity index (χ2n) is 8.48. The summed E-state index contributed by atoms with van der Waals surface area (Å²) in [5, 5.41) is 0. The molecule has 0 saturated carbocycles. The van der Waals surface area contributed by atoms with Crippen LogP contribution in [0.25, 0.3) is 0 Å². The predicted molar refractivity (Wildman–Crippen MR) is 124 cm³/mol. The van der Waals surface area contributed by atoms with Gasteiger partial charge >= 0.3 is 0 Å². The Morgan fingerprint density at radius 3 is 1.59 bits per heavy atom. The zero-order valence-electron chi connectivity index (χ0n) is 19.3. The van der Waals surface area contributed by atoms with E-state index in [-0.39, 0.29) is 18.3 Å². The van der Waals surface area contributed by atoms with Crippen LogP contribution < -0.4 is 18.1 Å². The van der Waals surface area contributed by atoms with Gasteiger partial charge in [0.15, 0.2) is 0 Å². The molecule has 0 saturated heterocycles. The molecule has 3 nitrogen and oxygen atoms in total. The van der Waals surface area contributed by atoms with Crippen LogP contribution in [-0.4, -0.2) is 37.1 Å². The van der Waals surface area contributed by atoms with Gasteiger partial charge in [0.1, 0.15) is 0 Å². The van der Waals surface area contributed by atoms with Gasteiger partial charge in [-0.2, -0.15) is 0 Å². The molecule has 4 heteroatoms. The molecule has 2 N–H and O–H groups in total. The summed E-state index contributed by atoms with van der Waals surface area (Å²) in [6, 6.07) is 0. The highest BCUT2D eigenvalue weighted by Gasteiger charge is 2.17. The first-order chi connectivity index (χ1) is 13.5. The lowest BCUT2D eigenvalue weighted by atomic mass is 10.0. The minimum Gasteiger partial charge on any atom is -1.00 e. The molecule has 0 atom stereocenters. The number of quaternary nitrogens is 1. The third kappa shape index (κ3) is 17.5. The number of carbonyl (C=O) groups is 1. The molecule has 1 amide bonds. The van der Waals surface area contributed by atoms with Crippen molar-refractivity contribution >= 4 is 5.91 Å². The van der Waals surface area contributed by atoms with Crippen LogP contribution in [0.15, 0.2) is 37.0 Å². The first kappa shape index (κ1) is 30.1. The number of rotatable bonds is 20. The van der Waals surface area contributed by atoms with Crippen LogP contribution in [0.2, 0.25) is 0 Å². The summed E-state index contributed by atoms with van der Waals surface area (Å²) in [5.74, 6) is -0.271. The Kier molecular flexibility index (Phi) is 21.0. The molecule has 0 heterocycles. The topological polar surface area (TPSA) is 43.1 Å². The number of nitrogens with zero attached hydrogens (tertiary/aromatic N) is 1. The van der Waals surface area contributed by atoms with E-state index in [0.717, 1.165) is 42.5 Å². The maximum atomic E-state index is 11.8. The predicted octanol–water partition coefficient (Wildman–Crippen LogP) is 3.31. The van der Waals surface area contributed by atoms with Gasteiger partial charge in [-0.3, -0.25) is 4.79 Å². The minimum atomic E-state index is -0.271. The average molecular weight is 427 g/mol. The van der Waals surface area contributed by atoms with Crippen LogP contribution in [0.4, 0.5) is 0 Å². The van der Waals surface area contributed by atoms with Gasteiger partial charge in [-0.05, 0) is 31.1 Å². The molecule has 0 aliphatic carbocycles. The molecule has 0 aromatic rings. The molecule has 0 aliphatic rings. The quantitative estimate of drug-likeness (QED) is 0.138. The van der Waals surface area contributed by atoms with Gasteiger partial charge in [0.25, 0.3) is 0 Å². The van der Waals surface area contributed by atoms with E-state index in [2.05, 4.69) is 27.1 Å². The van der Waals surface area contributed by atoms with Gasteiger partial charge in [0.05, 0.1) is 26.7 Å². The lowest BCUT2D eigenvalue weighted by molar-refractivity contribution is -0.892. The molecular formula is C25H47ClN2O. The number of unbranched alkanes of at least 4 members (excludes halogenated alkanes) is 11. The average Bonchev–Trinajstić information content (AvgIpc) is 2.65. The highest BCUT2D eigenvalue weighted by atomic mass is 35.5. The van der Waals surface area contributed by atoms with E-state index in [1.165, 1.54) is 70.6 Å². The van der Waals surface area contributed by atoms with Crippen LogP contribution in [0.1, 0.15) is 90.4 Å². The third-order valence-electron chi connectivity index (χ3n) is 5.53. The number of carbonyl (C=O) groups excluding carboxylic acids is 1. The summed E-state index contributed by atoms with van der Waals surface area (Å²) < 4.78 is 0.780. The summed E-state index contributed by atoms with van der Waals surface area (Å²) in [6.45, 7) is 12.4. The van der Waals surface area contributed by atoms with Crippen LogP contribution >= 0.6 is 0 Å². The van der Waals surface area contributed by atoms with Gasteiger partial charge in [0, 0.05) is 5.57 Å². The largest absolute Gasteiger partial charge is 1.00 e. The fourth-order valence-electron chi connectivity index (χ4n) is 3.66. The number of hydrogen-bond acceptors (Lipinski definition) is 1. The summed E-state index contributed by atoms with van der Waals surface area (Å²) >= 11 is 0. The monoisotopic (exact) mass is 426 g/mol. The molecule has 0 unspecified atom stereocenters. The minimum absolute atomic E-state index is 0. The zero-order chi connectivity index (χ0) is 21.1. The summed E-state index contributed by atoms with van der Waals surface area (Å²) in [7, 11) is 2.16. The van der Waals surface area contributed by atoms with Crippen molar-refractivity contribution in [1.82, 2.24) is 0 Å². The SMILES string of the molecule is C=CC[N+](C)(CC=C)CC=C(CCCCCCCCCCCCCC)C(N)=O.[Cl-]. The molecule has 29 heavy (non-hydrogen) atoms. The van der Waals surface area contributed by atoms with E-state index >= 15 is 0 Å². The molecule has 0 radical (unpaired) electrons. The summed E-state index contributed by atoms with van der Waals surface area (Å²) in [6.07, 6.45) is 22.6. The van der Waals surface area contributed by atoms with E-state index in [0.29, 0.717) is 0 Å². The van der Waals surface area contributed by atoms with Crippen molar-refractivity contribution in [3.63, 3.8) is 0 Å². The summed E-state index contributed by atoms with van der Waals surface area (Å²) in [5.41, 5.74) is 6.38. The Morgan fingerprint density at radius 1 is 0.793 bits per heavy atom. The number of likely N-dealkylation sites (N-methyl/N-ethyl adjacent to an activating group) is 1. The second-order valence-corrected chi connectivity index (χ2v) is 8.48. The zero-order valence-corrected chi connectivity index (χ0v) is 20.0. The standard InChI is InChI=1S/C25H46N2O.ClH/c1-5-8-9-10-11-12-13-14-15-16-17-18-19-24(25(26)28)20-23-27(4,21-6-2)22-7-3;/h6-7,20H,2-3,5,8-19,21-23H2,1,4H3,(H-,26,28);1H. The van der Waals surface area contributed by atoms with Crippen molar-refractivity contribution < 1.29 is 21.7 Å². The highest BCUT2D eigenvalue weighted by Crippen LogP contribution is 2.15. The number of halogens is 1. The van der Waals surface area contributed by atoms with Crippen LogP contribution in [0.3, 0.4) is 0 Å². The van der Waals surface area contributed by atoms with Crippen molar-refractivity contribution in [2.75, 3.05) is 26.7 Å². The number of primary amides is 1. The first-order valence-electron chi connectivity index (χ1n) is 11.5. The molecule has 0 aromatic heterocycles. The Hall–Kier alpha value is -1.06. The molecule has 0 aliphatic heterocycles. The van der Waals surface area contributed by atoms with E-state index in [1.54, 1.807) is 0 Å². The molecule has 0 fully saturated rings. The molecular weight excluding hydrogens is 380 g/mol. The third-order valence-corrected chi connectivity index (χ3v) is 5.53. The summed E-state index contributed by atoms with van der Waals surface area (Å²) in [4.78, 5) is 11.8. The van der Waals surface area contributed by atoms with Crippen molar-refractivity contribution in [3.8, 4) is 0 Å². The van der Waals surface area contributed by atoms with Gasteiger partial charge in [-0.1, -0.05) is 90.7 Å². The smallest absolute Gasteiger partial charge is 0.244 e. The Balaban J connectivity index is 0. The van der Waals surface area contributed by atoms with Crippen LogP contribution in [0.5, 0.6) is 0 Å². The Bertz CT molecular complexity index is 450. The van der Waals surface area contributed by atoms with E-state index in [9.17, 15) is 4.79 Å². The first-order valence-corrected chi connectivity index (χ1v) is 11.5. The number of nitrogens with two attached hydrogens (primary N) is 1. The maximum absolute atomic E-state index is 11.8. The maximum Gasteiger partial charge on any atom is 0.244 e. The van der Waals surface area contributed by atoms with Crippen molar-refractivity contribution in [1.29, 1.82) is 0 Å². The fraction of sp³-hybridized carbons (Fsp3) is 0.720. The molecule has 0 aromatic carbocycles. The lowest BCUT2D eigenvalue weighted by Gasteiger charge is -2.31. The van der Waals surface area contributed by atoms with Gasteiger partial charge < -0.3 is 22.6 Å². The molecule has 0 rings (SSSR count). The lowest BCUT2D eigenvalue weighted by Crippen LogP contribution is -3.00. The van der Waals surface area contributed by atoms with Gasteiger partial charge in [0.2, 0.25) is 5.91 Å². The van der Waals surface area contributed by atoms with Crippen molar-refractivity contribution in [2.45, 2.75) is 90.4 Å². The molecule has 0 bridgehead atoms. The molecule has 0 spiro atoms. The molecule has 170 valence electrons. The fourth-order valence-corrected chi connectivity index (χ4v) is 3.66. The second kappa shape index (κ2) is 20.2. The van der Waals surface area contributed by atoms with E-state index in [1.807, 2.05) is 18.2 Å². The Labute approximate surface area is 187 Å². The number of hydrogen-bond donors (Lipinski definition) is 1. The number of amides is 1. The Morgan fingerprint density at radius 2 is 1.21 bits per heavy atom. The van der Waals surface area contributed by atoms with E-state index in [4.69, 9.17) is 5.73 Å².